The van der Waals surface area contributed by atoms with Crippen LogP contribution >= 0.6 is 39.1 Å². The van der Waals surface area contributed by atoms with Crippen molar-refractivity contribution in [1.29, 1.82) is 0 Å². The second-order valence-electron chi connectivity index (χ2n) is 6.62. The molecular formula is C17H13BrCl2O5. The normalized spacial score (nSPS) is 34.9. The number of hydrogen-bond acceptors (Lipinski definition) is 5. The maximum Gasteiger partial charge on any atom is 0.310 e. The van der Waals surface area contributed by atoms with Crippen molar-refractivity contribution >= 4 is 56.9 Å². The highest BCUT2D eigenvalue weighted by molar-refractivity contribution is 9.09. The van der Waals surface area contributed by atoms with Gasteiger partial charge in [0.1, 0.15) is 6.10 Å². The summed E-state index contributed by atoms with van der Waals surface area (Å²) in [5, 5.41) is 0.620. The van der Waals surface area contributed by atoms with E-state index < -0.39 is 30.2 Å². The largest absolute Gasteiger partial charge is 0.461 e. The predicted molar refractivity (Wildman–Crippen MR) is 92.9 cm³/mol. The van der Waals surface area contributed by atoms with Crippen LogP contribution in [-0.2, 0) is 19.1 Å². The van der Waals surface area contributed by atoms with Gasteiger partial charge in [-0.1, -0.05) is 39.1 Å². The van der Waals surface area contributed by atoms with Crippen LogP contribution in [0.2, 0.25) is 10.0 Å². The standard InChI is InChI=1S/C17H13BrCl2O5/c18-14-8-4-9-13(17(23)25-15(9)14)12(8)16(22)24-5-11(21)7-2-1-6(19)3-10(7)20/h1-3,8-9,12-15H,4-5H2/t8-,9-,12-,13+,14-,15+/m1/s1. The molecule has 1 saturated heterocycles. The van der Waals surface area contributed by atoms with E-state index in [0.717, 1.165) is 6.42 Å². The fourth-order valence-electron chi connectivity index (χ4n) is 4.32. The average Bonchev–Trinajstić information content (AvgIpc) is 3.16. The maximum atomic E-state index is 12.5. The number of rotatable bonds is 4. The molecule has 0 unspecified atom stereocenters. The van der Waals surface area contributed by atoms with Crippen molar-refractivity contribution in [2.45, 2.75) is 17.4 Å². The SMILES string of the molecule is O=C(COC(=O)[C@@H]1[C@H]2C[C@H]3[C@H](OC(=O)[C@@H]31)[C@@H]2Br)c1ccc(Cl)cc1Cl. The lowest BCUT2D eigenvalue weighted by Crippen LogP contribution is -2.39. The molecule has 132 valence electrons. The molecular weight excluding hydrogens is 435 g/mol. The van der Waals surface area contributed by atoms with Crippen LogP contribution in [0.1, 0.15) is 16.8 Å². The average molecular weight is 448 g/mol. The van der Waals surface area contributed by atoms with Crippen molar-refractivity contribution in [3.05, 3.63) is 33.8 Å². The molecule has 1 heterocycles. The summed E-state index contributed by atoms with van der Waals surface area (Å²) in [5.41, 5.74) is 0.241. The molecule has 1 aromatic rings. The number of ketones is 1. The van der Waals surface area contributed by atoms with Gasteiger partial charge in [-0.05, 0) is 30.5 Å². The van der Waals surface area contributed by atoms with Crippen LogP contribution in [0.15, 0.2) is 18.2 Å². The van der Waals surface area contributed by atoms with Crippen molar-refractivity contribution in [3.8, 4) is 0 Å². The monoisotopic (exact) mass is 446 g/mol. The Labute approximate surface area is 162 Å². The Bertz CT molecular complexity index is 782. The second-order valence-corrected chi connectivity index (χ2v) is 8.52. The minimum atomic E-state index is -0.561. The molecule has 6 atom stereocenters. The number of carbonyl (C=O) groups excluding carboxylic acids is 3. The molecule has 3 aliphatic rings. The van der Waals surface area contributed by atoms with E-state index in [1.165, 1.54) is 12.1 Å². The molecule has 8 heteroatoms. The van der Waals surface area contributed by atoms with Gasteiger partial charge in [0.2, 0.25) is 5.78 Å². The van der Waals surface area contributed by atoms with E-state index in [4.69, 9.17) is 32.7 Å². The fourth-order valence-corrected chi connectivity index (χ4v) is 5.88. The predicted octanol–water partition coefficient (Wildman–Crippen LogP) is 3.29. The topological polar surface area (TPSA) is 69.7 Å². The number of halogens is 3. The van der Waals surface area contributed by atoms with Crippen molar-refractivity contribution in [1.82, 2.24) is 0 Å². The van der Waals surface area contributed by atoms with Crippen molar-refractivity contribution in [3.63, 3.8) is 0 Å². The molecule has 1 aliphatic heterocycles. The Balaban J connectivity index is 1.44. The van der Waals surface area contributed by atoms with Crippen molar-refractivity contribution in [2.75, 3.05) is 6.61 Å². The van der Waals surface area contributed by atoms with Gasteiger partial charge < -0.3 is 9.47 Å². The van der Waals surface area contributed by atoms with Crippen LogP contribution < -0.4 is 0 Å². The highest BCUT2D eigenvalue weighted by Gasteiger charge is 2.68. The summed E-state index contributed by atoms with van der Waals surface area (Å²) in [5.74, 6) is -2.25. The van der Waals surface area contributed by atoms with E-state index in [1.807, 2.05) is 0 Å². The van der Waals surface area contributed by atoms with Gasteiger partial charge in [-0.2, -0.15) is 0 Å². The Kier molecular flexibility index (Phi) is 4.33. The molecule has 2 aliphatic carbocycles. The van der Waals surface area contributed by atoms with E-state index >= 15 is 0 Å². The zero-order valence-electron chi connectivity index (χ0n) is 12.8. The molecule has 4 rings (SSSR count). The van der Waals surface area contributed by atoms with Gasteiger partial charge in [-0.15, -0.1) is 0 Å². The molecule has 3 fully saturated rings. The lowest BCUT2D eigenvalue weighted by atomic mass is 9.80. The third kappa shape index (κ3) is 2.69. The van der Waals surface area contributed by atoms with Gasteiger partial charge in [0, 0.05) is 16.5 Å². The number of ether oxygens (including phenoxy) is 2. The molecule has 0 radical (unpaired) electrons. The summed E-state index contributed by atoms with van der Waals surface area (Å²) in [6.07, 6.45) is 0.606. The lowest BCUT2D eigenvalue weighted by molar-refractivity contribution is -0.154. The van der Waals surface area contributed by atoms with E-state index in [1.54, 1.807) is 6.07 Å². The van der Waals surface area contributed by atoms with Crippen molar-refractivity contribution in [2.24, 2.45) is 23.7 Å². The molecule has 0 spiro atoms. The van der Waals surface area contributed by atoms with Crippen LogP contribution in [0.5, 0.6) is 0 Å². The first kappa shape index (κ1) is 17.3. The van der Waals surface area contributed by atoms with Crippen molar-refractivity contribution < 1.29 is 23.9 Å². The van der Waals surface area contributed by atoms with Gasteiger partial charge in [0.15, 0.2) is 6.61 Å². The van der Waals surface area contributed by atoms with Gasteiger partial charge >= 0.3 is 11.9 Å². The zero-order valence-corrected chi connectivity index (χ0v) is 15.9. The van der Waals surface area contributed by atoms with Crippen LogP contribution in [0, 0.1) is 23.7 Å². The van der Waals surface area contributed by atoms with Gasteiger partial charge in [0.25, 0.3) is 0 Å². The summed E-state index contributed by atoms with van der Waals surface area (Å²) in [6.45, 7) is -0.424. The number of hydrogen-bond donors (Lipinski definition) is 0. The Morgan fingerprint density at radius 2 is 2.04 bits per heavy atom. The summed E-state index contributed by atoms with van der Waals surface area (Å²) < 4.78 is 10.6. The van der Waals surface area contributed by atoms with E-state index in [2.05, 4.69) is 15.9 Å². The van der Waals surface area contributed by atoms with Crippen LogP contribution in [0.4, 0.5) is 0 Å². The molecule has 0 amide bonds. The minimum Gasteiger partial charge on any atom is -0.461 e. The highest BCUT2D eigenvalue weighted by atomic mass is 79.9. The maximum absolute atomic E-state index is 12.5. The lowest BCUT2D eigenvalue weighted by Gasteiger charge is -2.26. The fraction of sp³-hybridized carbons (Fsp3) is 0.471. The van der Waals surface area contributed by atoms with Gasteiger partial charge in [0.05, 0.1) is 21.7 Å². The van der Waals surface area contributed by atoms with Gasteiger partial charge in [-0.25, -0.2) is 0 Å². The first-order chi connectivity index (χ1) is 11.9. The van der Waals surface area contributed by atoms with Crippen LogP contribution in [0.25, 0.3) is 0 Å². The van der Waals surface area contributed by atoms with Crippen LogP contribution in [0.3, 0.4) is 0 Å². The molecule has 2 bridgehead atoms. The summed E-state index contributed by atoms with van der Waals surface area (Å²) in [7, 11) is 0. The molecule has 2 saturated carbocycles. The number of fused-ring (bicyclic) bond motifs is 1. The highest BCUT2D eigenvalue weighted by Crippen LogP contribution is 2.60. The van der Waals surface area contributed by atoms with E-state index in [-0.39, 0.29) is 39.3 Å². The smallest absolute Gasteiger partial charge is 0.310 e. The number of benzene rings is 1. The summed E-state index contributed by atoms with van der Waals surface area (Å²) in [4.78, 5) is 36.8. The Morgan fingerprint density at radius 1 is 1.28 bits per heavy atom. The van der Waals surface area contributed by atoms with Gasteiger partial charge in [-0.3, -0.25) is 14.4 Å². The Hall–Kier alpha value is -1.11. The third-order valence-electron chi connectivity index (χ3n) is 5.37. The first-order valence-corrected chi connectivity index (χ1v) is 9.55. The molecule has 25 heavy (non-hydrogen) atoms. The molecule has 0 aromatic heterocycles. The zero-order chi connectivity index (χ0) is 17.9. The van der Waals surface area contributed by atoms with E-state index in [0.29, 0.717) is 5.02 Å². The van der Waals surface area contributed by atoms with E-state index in [9.17, 15) is 14.4 Å². The molecule has 1 aromatic carbocycles. The quantitative estimate of drug-likeness (QED) is 0.402. The van der Waals surface area contributed by atoms with Crippen LogP contribution in [-0.4, -0.2) is 35.3 Å². The number of carbonyl (C=O) groups is 3. The number of alkyl halides is 1. The number of Topliss-reactive ketones (excluding diaryl/α,β-unsaturated/α-hetero) is 1. The first-order valence-electron chi connectivity index (χ1n) is 7.88. The number of esters is 2. The summed E-state index contributed by atoms with van der Waals surface area (Å²) >= 11 is 15.3. The molecule has 5 nitrogen and oxygen atoms in total. The summed E-state index contributed by atoms with van der Waals surface area (Å²) in [6, 6.07) is 4.49. The third-order valence-corrected chi connectivity index (χ3v) is 7.12. The second kappa shape index (κ2) is 6.25. The molecule has 0 N–H and O–H groups in total. The Morgan fingerprint density at radius 3 is 2.76 bits per heavy atom. The minimum absolute atomic E-state index is 0.00632.